The second-order valence-corrected chi connectivity index (χ2v) is 4.41. The fraction of sp³-hybridized carbons (Fsp3) is 0.375. The van der Waals surface area contributed by atoms with Crippen LogP contribution in [0.3, 0.4) is 0 Å². The van der Waals surface area contributed by atoms with Crippen molar-refractivity contribution >= 4 is 5.57 Å². The molecule has 2 rings (SSSR count). The minimum absolute atomic E-state index is 0.564. The summed E-state index contributed by atoms with van der Waals surface area (Å²) < 4.78 is 0. The SMILES string of the molecule is CC/C=C\C1=C(CC)c2ccccc2C1C. The Bertz CT molecular complexity index is 435. The van der Waals surface area contributed by atoms with E-state index in [1.807, 2.05) is 0 Å². The Morgan fingerprint density at radius 3 is 2.62 bits per heavy atom. The number of fused-ring (bicyclic) bond motifs is 1. The van der Waals surface area contributed by atoms with Crippen LogP contribution in [-0.4, -0.2) is 0 Å². The Hall–Kier alpha value is -1.30. The fourth-order valence-electron chi connectivity index (χ4n) is 2.62. The van der Waals surface area contributed by atoms with Crippen LogP contribution >= 0.6 is 0 Å². The van der Waals surface area contributed by atoms with Crippen molar-refractivity contribution in [3.8, 4) is 0 Å². The maximum absolute atomic E-state index is 2.32. The van der Waals surface area contributed by atoms with Crippen molar-refractivity contribution in [1.82, 2.24) is 0 Å². The number of allylic oxidation sites excluding steroid dienone is 4. The summed E-state index contributed by atoms with van der Waals surface area (Å²) in [6, 6.07) is 8.82. The Labute approximate surface area is 98.7 Å². The third-order valence-corrected chi connectivity index (χ3v) is 3.45. The van der Waals surface area contributed by atoms with Gasteiger partial charge in [-0.1, -0.05) is 57.2 Å². The molecule has 0 fully saturated rings. The molecule has 0 radical (unpaired) electrons. The average Bonchev–Trinajstić information content (AvgIpc) is 2.60. The molecule has 1 aliphatic carbocycles. The molecule has 0 aromatic heterocycles. The van der Waals surface area contributed by atoms with Crippen LogP contribution < -0.4 is 0 Å². The van der Waals surface area contributed by atoms with Crippen molar-refractivity contribution in [2.75, 3.05) is 0 Å². The quantitative estimate of drug-likeness (QED) is 0.666. The van der Waals surface area contributed by atoms with Gasteiger partial charge in [-0.25, -0.2) is 0 Å². The monoisotopic (exact) mass is 212 g/mol. The summed E-state index contributed by atoms with van der Waals surface area (Å²) in [6.45, 7) is 6.76. The van der Waals surface area contributed by atoms with Crippen LogP contribution in [0.15, 0.2) is 42.0 Å². The van der Waals surface area contributed by atoms with Gasteiger partial charge in [0.2, 0.25) is 0 Å². The zero-order valence-electron chi connectivity index (χ0n) is 10.5. The third-order valence-electron chi connectivity index (χ3n) is 3.45. The van der Waals surface area contributed by atoms with Gasteiger partial charge in [-0.2, -0.15) is 0 Å². The van der Waals surface area contributed by atoms with Gasteiger partial charge in [0.15, 0.2) is 0 Å². The molecule has 0 amide bonds. The Kier molecular flexibility index (Phi) is 3.28. The van der Waals surface area contributed by atoms with Gasteiger partial charge < -0.3 is 0 Å². The van der Waals surface area contributed by atoms with E-state index in [1.165, 1.54) is 22.3 Å². The molecule has 0 heteroatoms. The molecular formula is C16H20. The van der Waals surface area contributed by atoms with E-state index in [1.54, 1.807) is 0 Å². The molecule has 1 unspecified atom stereocenters. The molecule has 1 atom stereocenters. The van der Waals surface area contributed by atoms with Crippen LogP contribution in [-0.2, 0) is 0 Å². The van der Waals surface area contributed by atoms with Crippen LogP contribution in [0.5, 0.6) is 0 Å². The van der Waals surface area contributed by atoms with E-state index >= 15 is 0 Å². The first-order chi connectivity index (χ1) is 7.79. The molecule has 0 N–H and O–H groups in total. The molecule has 16 heavy (non-hydrogen) atoms. The highest BCUT2D eigenvalue weighted by Crippen LogP contribution is 2.43. The van der Waals surface area contributed by atoms with Gasteiger partial charge >= 0.3 is 0 Å². The van der Waals surface area contributed by atoms with Crippen molar-refractivity contribution in [1.29, 1.82) is 0 Å². The maximum atomic E-state index is 2.32. The van der Waals surface area contributed by atoms with Crippen LogP contribution in [0, 0.1) is 0 Å². The highest BCUT2D eigenvalue weighted by Gasteiger charge is 2.24. The van der Waals surface area contributed by atoms with Gasteiger partial charge in [0.25, 0.3) is 0 Å². The van der Waals surface area contributed by atoms with E-state index in [0.717, 1.165) is 12.8 Å². The van der Waals surface area contributed by atoms with Crippen molar-refractivity contribution in [3.05, 3.63) is 53.1 Å². The molecule has 0 heterocycles. The van der Waals surface area contributed by atoms with Crippen LogP contribution in [0.2, 0.25) is 0 Å². The topological polar surface area (TPSA) is 0 Å². The average molecular weight is 212 g/mol. The second kappa shape index (κ2) is 4.69. The molecular weight excluding hydrogens is 192 g/mol. The first-order valence-corrected chi connectivity index (χ1v) is 6.28. The lowest BCUT2D eigenvalue weighted by atomic mass is 9.97. The highest BCUT2D eigenvalue weighted by atomic mass is 14.3. The molecule has 0 aliphatic heterocycles. The van der Waals surface area contributed by atoms with Crippen LogP contribution in [0.1, 0.15) is 50.7 Å². The number of benzene rings is 1. The smallest absolute Gasteiger partial charge is 0.00698 e. The second-order valence-electron chi connectivity index (χ2n) is 4.41. The molecule has 1 aliphatic rings. The van der Waals surface area contributed by atoms with Gasteiger partial charge in [0.1, 0.15) is 0 Å². The summed E-state index contributed by atoms with van der Waals surface area (Å²) in [7, 11) is 0. The van der Waals surface area contributed by atoms with Crippen molar-refractivity contribution < 1.29 is 0 Å². The van der Waals surface area contributed by atoms with Gasteiger partial charge in [-0.15, -0.1) is 0 Å². The Balaban J connectivity index is 2.49. The molecule has 1 aromatic carbocycles. The standard InChI is InChI=1S/C16H20/c1-4-6-9-14-12(3)15-10-7-8-11-16(15)13(14)5-2/h6-12H,4-5H2,1-3H3/b9-6-. The molecule has 0 saturated carbocycles. The Morgan fingerprint density at radius 1 is 1.19 bits per heavy atom. The van der Waals surface area contributed by atoms with Gasteiger partial charge in [-0.05, 0) is 35.1 Å². The summed E-state index contributed by atoms with van der Waals surface area (Å²) in [5.74, 6) is 0.564. The van der Waals surface area contributed by atoms with Crippen LogP contribution in [0.4, 0.5) is 0 Å². The molecule has 84 valence electrons. The molecule has 0 bridgehead atoms. The molecule has 1 aromatic rings. The summed E-state index contributed by atoms with van der Waals surface area (Å²) in [5, 5.41) is 0. The lowest BCUT2D eigenvalue weighted by Crippen LogP contribution is -1.90. The minimum atomic E-state index is 0.564. The van der Waals surface area contributed by atoms with E-state index in [9.17, 15) is 0 Å². The fourth-order valence-corrected chi connectivity index (χ4v) is 2.62. The van der Waals surface area contributed by atoms with E-state index in [-0.39, 0.29) is 0 Å². The molecule has 0 saturated heterocycles. The maximum Gasteiger partial charge on any atom is 0.00698 e. The largest absolute Gasteiger partial charge is 0.0845 e. The van der Waals surface area contributed by atoms with Crippen molar-refractivity contribution in [3.63, 3.8) is 0 Å². The van der Waals surface area contributed by atoms with Crippen molar-refractivity contribution in [2.45, 2.75) is 39.5 Å². The van der Waals surface area contributed by atoms with E-state index in [0.29, 0.717) is 5.92 Å². The predicted octanol–water partition coefficient (Wildman–Crippen LogP) is 4.93. The van der Waals surface area contributed by atoms with Crippen LogP contribution in [0.25, 0.3) is 5.57 Å². The normalized spacial score (nSPS) is 19.6. The zero-order chi connectivity index (χ0) is 11.5. The zero-order valence-corrected chi connectivity index (χ0v) is 10.5. The summed E-state index contributed by atoms with van der Waals surface area (Å²) in [5.41, 5.74) is 6.02. The first kappa shape index (κ1) is 11.2. The summed E-state index contributed by atoms with van der Waals surface area (Å²) >= 11 is 0. The first-order valence-electron chi connectivity index (χ1n) is 6.28. The molecule has 0 nitrogen and oxygen atoms in total. The summed E-state index contributed by atoms with van der Waals surface area (Å²) in [4.78, 5) is 0. The number of rotatable bonds is 3. The van der Waals surface area contributed by atoms with Gasteiger partial charge in [-0.3, -0.25) is 0 Å². The van der Waals surface area contributed by atoms with E-state index in [2.05, 4.69) is 57.2 Å². The van der Waals surface area contributed by atoms with E-state index < -0.39 is 0 Å². The predicted molar refractivity (Wildman–Crippen MR) is 71.5 cm³/mol. The number of hydrogen-bond acceptors (Lipinski definition) is 0. The third kappa shape index (κ3) is 1.73. The lowest BCUT2D eigenvalue weighted by Gasteiger charge is -2.07. The Morgan fingerprint density at radius 2 is 1.94 bits per heavy atom. The van der Waals surface area contributed by atoms with Crippen molar-refractivity contribution in [2.24, 2.45) is 0 Å². The summed E-state index contributed by atoms with van der Waals surface area (Å²) in [6.07, 6.45) is 6.84. The van der Waals surface area contributed by atoms with Gasteiger partial charge in [0.05, 0.1) is 0 Å². The molecule has 0 spiro atoms. The lowest BCUT2D eigenvalue weighted by molar-refractivity contribution is 0.943. The minimum Gasteiger partial charge on any atom is -0.0845 e. The van der Waals surface area contributed by atoms with E-state index in [4.69, 9.17) is 0 Å². The van der Waals surface area contributed by atoms with Gasteiger partial charge in [0, 0.05) is 5.92 Å². The highest BCUT2D eigenvalue weighted by molar-refractivity contribution is 5.80. The number of hydrogen-bond donors (Lipinski definition) is 0.